The molecule has 1 aromatic heterocycles. The van der Waals surface area contributed by atoms with Crippen molar-refractivity contribution >= 4 is 27.5 Å². The molecule has 1 amide bonds. The molecule has 1 aliphatic heterocycles. The summed E-state index contributed by atoms with van der Waals surface area (Å²) < 4.78 is 6.79. The Bertz CT molecular complexity index is 856. The van der Waals surface area contributed by atoms with Gasteiger partial charge in [-0.3, -0.25) is 4.79 Å². The molecule has 0 unspecified atom stereocenters. The number of nitrogens with one attached hydrogen (secondary N) is 1. The predicted octanol–water partition coefficient (Wildman–Crippen LogP) is 1.74. The van der Waals surface area contributed by atoms with Gasteiger partial charge in [0.2, 0.25) is 5.91 Å². The highest BCUT2D eigenvalue weighted by molar-refractivity contribution is 7.18. The molecule has 1 saturated heterocycles. The van der Waals surface area contributed by atoms with E-state index in [1.807, 2.05) is 29.2 Å². The molecule has 0 saturated carbocycles. The number of amides is 1. The quantitative estimate of drug-likeness (QED) is 0.706. The van der Waals surface area contributed by atoms with Crippen molar-refractivity contribution in [1.82, 2.24) is 9.88 Å². The van der Waals surface area contributed by atoms with Crippen LogP contribution in [0.2, 0.25) is 0 Å². The molecule has 2 heterocycles. The number of quaternary nitrogens is 1. The lowest BCUT2D eigenvalue weighted by Gasteiger charge is -2.32. The summed E-state index contributed by atoms with van der Waals surface area (Å²) >= 11 is 1.62. The second-order valence-corrected chi connectivity index (χ2v) is 7.98. The number of fused-ring (bicyclic) bond motifs is 1. The number of ether oxygens (including phenoxy) is 1. The highest BCUT2D eigenvalue weighted by Gasteiger charge is 2.23. The molecule has 0 spiro atoms. The van der Waals surface area contributed by atoms with E-state index in [2.05, 4.69) is 35.3 Å². The first-order chi connectivity index (χ1) is 13.3. The Kier molecular flexibility index (Phi) is 5.77. The molecule has 2 aromatic carbocycles. The van der Waals surface area contributed by atoms with Crippen LogP contribution in [0.5, 0.6) is 0 Å². The Labute approximate surface area is 163 Å². The van der Waals surface area contributed by atoms with Gasteiger partial charge in [-0.15, -0.1) is 11.3 Å². The Balaban J connectivity index is 1.20. The van der Waals surface area contributed by atoms with Crippen LogP contribution in [0.3, 0.4) is 0 Å². The van der Waals surface area contributed by atoms with Crippen molar-refractivity contribution < 1.29 is 14.4 Å². The number of thiazole rings is 1. The smallest absolute Gasteiger partial charge is 0.248 e. The highest BCUT2D eigenvalue weighted by Crippen LogP contribution is 2.21. The molecule has 0 bridgehead atoms. The molecule has 0 atom stereocenters. The number of rotatable bonds is 6. The summed E-state index contributed by atoms with van der Waals surface area (Å²) in [6.07, 6.45) is 0. The van der Waals surface area contributed by atoms with Crippen molar-refractivity contribution in [2.75, 3.05) is 32.8 Å². The van der Waals surface area contributed by atoms with Gasteiger partial charge in [0.15, 0.2) is 0 Å². The zero-order chi connectivity index (χ0) is 18.5. The Morgan fingerprint density at radius 2 is 1.81 bits per heavy atom. The fourth-order valence-electron chi connectivity index (χ4n) is 3.43. The van der Waals surface area contributed by atoms with Gasteiger partial charge in [0.05, 0.1) is 43.0 Å². The van der Waals surface area contributed by atoms with E-state index in [0.29, 0.717) is 6.61 Å². The average molecular weight is 383 g/mol. The van der Waals surface area contributed by atoms with Crippen LogP contribution in [0.1, 0.15) is 10.6 Å². The second-order valence-electron chi connectivity index (χ2n) is 6.86. The molecule has 0 radical (unpaired) electrons. The molecular weight excluding hydrogens is 358 g/mol. The van der Waals surface area contributed by atoms with Crippen molar-refractivity contribution in [2.45, 2.75) is 13.2 Å². The van der Waals surface area contributed by atoms with Crippen LogP contribution in [0, 0.1) is 0 Å². The monoisotopic (exact) mass is 382 g/mol. The van der Waals surface area contributed by atoms with E-state index in [4.69, 9.17) is 4.74 Å². The van der Waals surface area contributed by atoms with Crippen LogP contribution in [0.4, 0.5) is 0 Å². The Morgan fingerprint density at radius 3 is 2.59 bits per heavy atom. The summed E-state index contributed by atoms with van der Waals surface area (Å²) in [6, 6.07) is 18.6. The summed E-state index contributed by atoms with van der Waals surface area (Å²) in [7, 11) is 0. The molecule has 3 aromatic rings. The van der Waals surface area contributed by atoms with E-state index >= 15 is 0 Å². The van der Waals surface area contributed by atoms with Crippen molar-refractivity contribution in [1.29, 1.82) is 0 Å². The topological polar surface area (TPSA) is 46.9 Å². The van der Waals surface area contributed by atoms with E-state index in [1.165, 1.54) is 10.5 Å². The van der Waals surface area contributed by atoms with Crippen molar-refractivity contribution in [3.8, 4) is 0 Å². The number of hydrogen-bond donors (Lipinski definition) is 1. The normalized spacial score (nSPS) is 15.3. The number of aromatic nitrogens is 1. The Hall–Kier alpha value is -2.28. The molecule has 0 aliphatic carbocycles. The highest BCUT2D eigenvalue weighted by atomic mass is 32.1. The standard InChI is InChI=1S/C21H23N3O2S/c25-21(16-26-15-20-22-18-8-4-5-9-19(18)27-20)24-12-10-23(11-13-24)14-17-6-2-1-3-7-17/h1-9H,10-16H2/p+1. The van der Waals surface area contributed by atoms with Crippen molar-refractivity contribution in [2.24, 2.45) is 0 Å². The number of piperazine rings is 1. The number of para-hydroxylation sites is 1. The molecule has 5 nitrogen and oxygen atoms in total. The SMILES string of the molecule is O=C(COCc1nc2ccccc2s1)N1CC[NH+](Cc2ccccc2)CC1. The third kappa shape index (κ3) is 4.71. The van der Waals surface area contributed by atoms with Gasteiger partial charge in [-0.25, -0.2) is 4.98 Å². The maximum Gasteiger partial charge on any atom is 0.248 e. The molecule has 6 heteroatoms. The molecule has 1 fully saturated rings. The average Bonchev–Trinajstić information content (AvgIpc) is 3.12. The Morgan fingerprint density at radius 1 is 1.07 bits per heavy atom. The summed E-state index contributed by atoms with van der Waals surface area (Å²) in [5.41, 5.74) is 2.34. The lowest BCUT2D eigenvalue weighted by molar-refractivity contribution is -0.917. The molecule has 1 N–H and O–H groups in total. The minimum Gasteiger partial charge on any atom is -0.364 e. The van der Waals surface area contributed by atoms with Gasteiger partial charge in [0, 0.05) is 5.56 Å². The minimum absolute atomic E-state index is 0.0786. The fourth-order valence-corrected chi connectivity index (χ4v) is 4.34. The van der Waals surface area contributed by atoms with Crippen LogP contribution in [-0.2, 0) is 22.7 Å². The number of carbonyl (C=O) groups excluding carboxylic acids is 1. The van der Waals surface area contributed by atoms with Gasteiger partial charge < -0.3 is 14.5 Å². The summed E-state index contributed by atoms with van der Waals surface area (Å²) in [6.45, 7) is 5.11. The van der Waals surface area contributed by atoms with Gasteiger partial charge in [0.25, 0.3) is 0 Å². The van der Waals surface area contributed by atoms with Gasteiger partial charge in [-0.2, -0.15) is 0 Å². The number of nitrogens with zero attached hydrogens (tertiary/aromatic N) is 2. The first-order valence-electron chi connectivity index (χ1n) is 9.35. The van der Waals surface area contributed by atoms with Crippen LogP contribution < -0.4 is 4.90 Å². The van der Waals surface area contributed by atoms with Crippen LogP contribution in [0.15, 0.2) is 54.6 Å². The lowest BCUT2D eigenvalue weighted by Crippen LogP contribution is -3.13. The molecule has 27 heavy (non-hydrogen) atoms. The van der Waals surface area contributed by atoms with Crippen molar-refractivity contribution in [3.05, 3.63) is 65.2 Å². The lowest BCUT2D eigenvalue weighted by atomic mass is 10.2. The van der Waals surface area contributed by atoms with Crippen LogP contribution in [0.25, 0.3) is 10.2 Å². The van der Waals surface area contributed by atoms with Gasteiger partial charge in [-0.1, -0.05) is 42.5 Å². The fraction of sp³-hybridized carbons (Fsp3) is 0.333. The first-order valence-corrected chi connectivity index (χ1v) is 10.2. The number of hydrogen-bond acceptors (Lipinski definition) is 4. The van der Waals surface area contributed by atoms with Gasteiger partial charge in [-0.05, 0) is 12.1 Å². The van der Waals surface area contributed by atoms with Gasteiger partial charge in [0.1, 0.15) is 18.2 Å². The van der Waals surface area contributed by atoms with E-state index in [9.17, 15) is 4.79 Å². The van der Waals surface area contributed by atoms with Gasteiger partial charge >= 0.3 is 0 Å². The summed E-state index contributed by atoms with van der Waals surface area (Å²) in [4.78, 5) is 20.4. The second kappa shape index (κ2) is 8.61. The predicted molar refractivity (Wildman–Crippen MR) is 107 cm³/mol. The molecule has 4 rings (SSSR count). The molecule has 1 aliphatic rings. The number of benzene rings is 2. The van der Waals surface area contributed by atoms with Crippen LogP contribution >= 0.6 is 11.3 Å². The van der Waals surface area contributed by atoms with E-state index < -0.39 is 0 Å². The summed E-state index contributed by atoms with van der Waals surface area (Å²) in [5.74, 6) is 0.0786. The zero-order valence-electron chi connectivity index (χ0n) is 15.3. The third-order valence-corrected chi connectivity index (χ3v) is 5.92. The third-order valence-electron chi connectivity index (χ3n) is 4.91. The number of carbonyl (C=O) groups is 1. The maximum absolute atomic E-state index is 12.4. The van der Waals surface area contributed by atoms with E-state index in [-0.39, 0.29) is 12.5 Å². The maximum atomic E-state index is 12.4. The summed E-state index contributed by atoms with van der Waals surface area (Å²) in [5, 5.41) is 0.918. The molecule has 140 valence electrons. The van der Waals surface area contributed by atoms with E-state index in [0.717, 1.165) is 47.9 Å². The zero-order valence-corrected chi connectivity index (χ0v) is 16.1. The largest absolute Gasteiger partial charge is 0.364 e. The minimum atomic E-state index is 0.0786. The van der Waals surface area contributed by atoms with Crippen LogP contribution in [-0.4, -0.2) is 48.6 Å². The van der Waals surface area contributed by atoms with E-state index in [1.54, 1.807) is 11.3 Å². The first kappa shape index (κ1) is 18.1. The van der Waals surface area contributed by atoms with Crippen molar-refractivity contribution in [3.63, 3.8) is 0 Å². The molecular formula is C21H24N3O2S+.